The number of likely N-dealkylation sites (tertiary alicyclic amines) is 1. The first-order valence-electron chi connectivity index (χ1n) is 6.54. The summed E-state index contributed by atoms with van der Waals surface area (Å²) in [6, 6.07) is 3.45. The largest absolute Gasteiger partial charge is 0.377 e. The summed E-state index contributed by atoms with van der Waals surface area (Å²) < 4.78 is 32.7. The maximum Gasteiger partial charge on any atom is 0.259 e. The first kappa shape index (κ1) is 15.4. The number of rotatable bonds is 4. The van der Waals surface area contributed by atoms with Gasteiger partial charge in [-0.2, -0.15) is 0 Å². The second kappa shape index (κ2) is 7.13. The molecule has 0 saturated carbocycles. The lowest BCUT2D eigenvalue weighted by Crippen LogP contribution is -2.41. The molecule has 0 atom stereocenters. The van der Waals surface area contributed by atoms with E-state index in [9.17, 15) is 13.6 Å². The molecule has 6 heteroatoms. The molecule has 3 nitrogen and oxygen atoms in total. The van der Waals surface area contributed by atoms with Gasteiger partial charge < -0.3 is 9.64 Å². The number of hydrogen-bond acceptors (Lipinski definition) is 2. The van der Waals surface area contributed by atoms with Crippen LogP contribution in [0.2, 0.25) is 0 Å². The third-order valence-corrected chi connectivity index (χ3v) is 3.66. The smallest absolute Gasteiger partial charge is 0.259 e. The first-order chi connectivity index (χ1) is 9.63. The molecule has 20 heavy (non-hydrogen) atoms. The van der Waals surface area contributed by atoms with Gasteiger partial charge in [0.15, 0.2) is 0 Å². The Labute approximate surface area is 125 Å². The van der Waals surface area contributed by atoms with Crippen LogP contribution in [0.1, 0.15) is 23.2 Å². The molecule has 1 saturated heterocycles. The predicted molar refractivity (Wildman–Crippen MR) is 75.0 cm³/mol. The number of amides is 1. The molecule has 0 aliphatic carbocycles. The minimum atomic E-state index is -0.812. The van der Waals surface area contributed by atoms with Gasteiger partial charge in [0.2, 0.25) is 0 Å². The number of nitrogens with zero attached hydrogens (tertiary/aromatic N) is 1. The van der Waals surface area contributed by atoms with Crippen LogP contribution in [0.5, 0.6) is 0 Å². The number of alkyl halides is 1. The van der Waals surface area contributed by atoms with Gasteiger partial charge in [0, 0.05) is 18.4 Å². The van der Waals surface area contributed by atoms with Crippen LogP contribution >= 0.6 is 15.9 Å². The van der Waals surface area contributed by atoms with Gasteiger partial charge in [-0.3, -0.25) is 4.79 Å². The van der Waals surface area contributed by atoms with Crippen molar-refractivity contribution in [1.29, 1.82) is 0 Å². The summed E-state index contributed by atoms with van der Waals surface area (Å²) in [4.78, 5) is 13.6. The van der Waals surface area contributed by atoms with E-state index in [0.717, 1.165) is 17.5 Å². The van der Waals surface area contributed by atoms with Gasteiger partial charge in [-0.15, -0.1) is 0 Å². The molecule has 1 heterocycles. The number of benzene rings is 1. The molecule has 1 fully saturated rings. The average Bonchev–Trinajstić information content (AvgIpc) is 2.45. The van der Waals surface area contributed by atoms with Crippen LogP contribution in [0.15, 0.2) is 18.2 Å². The van der Waals surface area contributed by atoms with E-state index in [0.29, 0.717) is 32.5 Å². The highest BCUT2D eigenvalue weighted by molar-refractivity contribution is 9.09. The Morgan fingerprint density at radius 2 is 1.90 bits per heavy atom. The van der Waals surface area contributed by atoms with Crippen LogP contribution in [-0.2, 0) is 4.74 Å². The maximum absolute atomic E-state index is 13.6. The molecule has 1 amide bonds. The molecule has 0 bridgehead atoms. The topological polar surface area (TPSA) is 29.5 Å². The van der Waals surface area contributed by atoms with Crippen molar-refractivity contribution in [3.63, 3.8) is 0 Å². The average molecular weight is 348 g/mol. The van der Waals surface area contributed by atoms with Crippen molar-refractivity contribution in [2.75, 3.05) is 25.0 Å². The second-order valence-corrected chi connectivity index (χ2v) is 5.44. The highest BCUT2D eigenvalue weighted by atomic mass is 79.9. The summed E-state index contributed by atoms with van der Waals surface area (Å²) in [6.45, 7) is 1.54. The minimum Gasteiger partial charge on any atom is -0.377 e. The zero-order valence-corrected chi connectivity index (χ0v) is 12.5. The van der Waals surface area contributed by atoms with E-state index in [1.807, 2.05) is 0 Å². The quantitative estimate of drug-likeness (QED) is 0.783. The minimum absolute atomic E-state index is 0.113. The van der Waals surface area contributed by atoms with Crippen molar-refractivity contribution >= 4 is 21.8 Å². The fraction of sp³-hybridized carbons (Fsp3) is 0.500. The molecule has 0 radical (unpaired) electrons. The number of carbonyl (C=O) groups excluding carboxylic acids is 1. The summed E-state index contributed by atoms with van der Waals surface area (Å²) in [5.74, 6) is -2.21. The monoisotopic (exact) mass is 347 g/mol. The molecule has 110 valence electrons. The molecule has 0 aromatic heterocycles. The number of piperidine rings is 1. The zero-order valence-electron chi connectivity index (χ0n) is 10.9. The Morgan fingerprint density at radius 3 is 2.45 bits per heavy atom. The number of hydrogen-bond donors (Lipinski definition) is 0. The Morgan fingerprint density at radius 1 is 1.30 bits per heavy atom. The molecule has 1 aromatic rings. The molecule has 1 aliphatic heterocycles. The fourth-order valence-electron chi connectivity index (χ4n) is 2.30. The normalized spacial score (nSPS) is 16.4. The van der Waals surface area contributed by atoms with Gasteiger partial charge in [-0.25, -0.2) is 8.78 Å². The van der Waals surface area contributed by atoms with Crippen LogP contribution < -0.4 is 0 Å². The van der Waals surface area contributed by atoms with E-state index in [2.05, 4.69) is 15.9 Å². The van der Waals surface area contributed by atoms with Gasteiger partial charge in [0.1, 0.15) is 17.2 Å². The lowest BCUT2D eigenvalue weighted by Gasteiger charge is -2.32. The van der Waals surface area contributed by atoms with E-state index in [1.54, 1.807) is 0 Å². The Bertz CT molecular complexity index is 456. The Balaban J connectivity index is 1.98. The molecule has 0 unspecified atom stereocenters. The molecule has 0 spiro atoms. The number of ether oxygens (including phenoxy) is 1. The Kier molecular flexibility index (Phi) is 5.48. The van der Waals surface area contributed by atoms with E-state index < -0.39 is 23.1 Å². The van der Waals surface area contributed by atoms with Crippen molar-refractivity contribution < 1.29 is 18.3 Å². The number of carbonyl (C=O) groups is 1. The summed E-state index contributed by atoms with van der Waals surface area (Å²) in [7, 11) is 0. The zero-order chi connectivity index (χ0) is 14.5. The maximum atomic E-state index is 13.6. The van der Waals surface area contributed by atoms with Crippen molar-refractivity contribution in [1.82, 2.24) is 4.90 Å². The molecule has 1 aromatic carbocycles. The Hall–Kier alpha value is -1.01. The molecular weight excluding hydrogens is 332 g/mol. The molecule has 1 aliphatic rings. The molecular formula is C14H16BrF2NO2. The summed E-state index contributed by atoms with van der Waals surface area (Å²) in [6.07, 6.45) is 1.49. The second-order valence-electron chi connectivity index (χ2n) is 4.65. The van der Waals surface area contributed by atoms with Crippen molar-refractivity contribution in [3.05, 3.63) is 35.4 Å². The molecule has 2 rings (SSSR count). The number of halogens is 3. The fourth-order valence-corrected chi connectivity index (χ4v) is 2.48. The SMILES string of the molecule is O=C(c1c(F)cccc1F)N1CCC(OCCBr)CC1. The van der Waals surface area contributed by atoms with Gasteiger partial charge >= 0.3 is 0 Å². The highest BCUT2D eigenvalue weighted by Gasteiger charge is 2.27. The standard InChI is InChI=1S/C14H16BrF2NO2/c15-6-9-20-10-4-7-18(8-5-10)14(19)13-11(16)2-1-3-12(13)17/h1-3,10H,4-9H2. The summed E-state index contributed by atoms with van der Waals surface area (Å²) in [5, 5.41) is 0.770. The van der Waals surface area contributed by atoms with Crippen LogP contribution in [0.25, 0.3) is 0 Å². The summed E-state index contributed by atoms with van der Waals surface area (Å²) in [5.41, 5.74) is -0.465. The lowest BCUT2D eigenvalue weighted by atomic mass is 10.1. The van der Waals surface area contributed by atoms with Gasteiger partial charge in [-0.1, -0.05) is 22.0 Å². The predicted octanol–water partition coefficient (Wildman–Crippen LogP) is 2.98. The van der Waals surface area contributed by atoms with Crippen molar-refractivity contribution in [2.24, 2.45) is 0 Å². The lowest BCUT2D eigenvalue weighted by molar-refractivity contribution is 0.0157. The van der Waals surface area contributed by atoms with E-state index in [1.165, 1.54) is 11.0 Å². The first-order valence-corrected chi connectivity index (χ1v) is 7.66. The van der Waals surface area contributed by atoms with Gasteiger partial charge in [-0.05, 0) is 25.0 Å². The van der Waals surface area contributed by atoms with Crippen molar-refractivity contribution in [3.8, 4) is 0 Å². The van der Waals surface area contributed by atoms with Gasteiger partial charge in [0.05, 0.1) is 12.7 Å². The van der Waals surface area contributed by atoms with Crippen LogP contribution in [0.4, 0.5) is 8.78 Å². The van der Waals surface area contributed by atoms with Crippen LogP contribution in [-0.4, -0.2) is 41.9 Å². The molecule has 0 N–H and O–H groups in total. The van der Waals surface area contributed by atoms with E-state index in [4.69, 9.17) is 4.74 Å². The van der Waals surface area contributed by atoms with E-state index >= 15 is 0 Å². The van der Waals surface area contributed by atoms with Crippen LogP contribution in [0.3, 0.4) is 0 Å². The van der Waals surface area contributed by atoms with Crippen molar-refractivity contribution in [2.45, 2.75) is 18.9 Å². The van der Waals surface area contributed by atoms with Gasteiger partial charge in [0.25, 0.3) is 5.91 Å². The van der Waals surface area contributed by atoms with E-state index in [-0.39, 0.29) is 6.10 Å². The summed E-state index contributed by atoms with van der Waals surface area (Å²) >= 11 is 3.28. The van der Waals surface area contributed by atoms with Crippen LogP contribution in [0, 0.1) is 11.6 Å². The third kappa shape index (κ3) is 3.55. The third-order valence-electron chi connectivity index (χ3n) is 3.34. The highest BCUT2D eigenvalue weighted by Crippen LogP contribution is 2.19.